The van der Waals surface area contributed by atoms with E-state index in [-0.39, 0.29) is 0 Å². The lowest BCUT2D eigenvalue weighted by molar-refractivity contribution is 0.693. The maximum absolute atomic E-state index is 6.21. The lowest BCUT2D eigenvalue weighted by atomic mass is 10.2. The van der Waals surface area contributed by atoms with Gasteiger partial charge in [-0.05, 0) is 41.4 Å². The van der Waals surface area contributed by atoms with Crippen molar-refractivity contribution in [3.05, 3.63) is 51.5 Å². The van der Waals surface area contributed by atoms with Gasteiger partial charge in [0.1, 0.15) is 11.5 Å². The van der Waals surface area contributed by atoms with E-state index >= 15 is 0 Å². The van der Waals surface area contributed by atoms with Gasteiger partial charge in [-0.15, -0.1) is 0 Å². The maximum atomic E-state index is 6.21. The Morgan fingerprint density at radius 1 is 1.17 bits per heavy atom. The van der Waals surface area contributed by atoms with E-state index in [9.17, 15) is 0 Å². The molecule has 1 aromatic carbocycles. The molecular weight excluding hydrogens is 367 g/mol. The standard InChI is InChI=1S/C15H10Cl2N6S/c16-9-1-2-11(17)8(5-9)6-23-7-10-13(18)19-15(20-14(10)21-23)12-3-4-24-22-12/h1-5,7H,6H2,(H2,18,19,20,21). The Hall–Kier alpha value is -2.22. The average Bonchev–Trinajstić information content (AvgIpc) is 3.20. The molecule has 0 amide bonds. The van der Waals surface area contributed by atoms with Gasteiger partial charge in [0, 0.05) is 21.6 Å². The molecule has 4 aromatic rings. The molecule has 3 heterocycles. The van der Waals surface area contributed by atoms with Crippen LogP contribution in [0.2, 0.25) is 10.0 Å². The van der Waals surface area contributed by atoms with Crippen molar-refractivity contribution >= 4 is 51.6 Å². The van der Waals surface area contributed by atoms with Crippen molar-refractivity contribution in [1.29, 1.82) is 0 Å². The fourth-order valence-corrected chi connectivity index (χ4v) is 3.22. The smallest absolute Gasteiger partial charge is 0.187 e. The second-order valence-electron chi connectivity index (χ2n) is 5.12. The number of nitrogens with two attached hydrogens (primary N) is 1. The average molecular weight is 377 g/mol. The van der Waals surface area contributed by atoms with Crippen LogP contribution in [0.4, 0.5) is 5.82 Å². The Morgan fingerprint density at radius 2 is 2.04 bits per heavy atom. The van der Waals surface area contributed by atoms with Gasteiger partial charge in [0.25, 0.3) is 0 Å². The van der Waals surface area contributed by atoms with E-state index in [1.807, 2.05) is 17.5 Å². The highest BCUT2D eigenvalue weighted by molar-refractivity contribution is 7.03. The summed E-state index contributed by atoms with van der Waals surface area (Å²) in [5.41, 5.74) is 8.11. The molecule has 2 N–H and O–H groups in total. The Morgan fingerprint density at radius 3 is 2.83 bits per heavy atom. The summed E-state index contributed by atoms with van der Waals surface area (Å²) in [6, 6.07) is 7.16. The lowest BCUT2D eigenvalue weighted by Crippen LogP contribution is -2.00. The van der Waals surface area contributed by atoms with Crippen LogP contribution in [0, 0.1) is 0 Å². The molecule has 120 valence electrons. The topological polar surface area (TPSA) is 82.5 Å². The molecule has 0 aliphatic carbocycles. The van der Waals surface area contributed by atoms with Crippen molar-refractivity contribution in [2.45, 2.75) is 6.54 Å². The van der Waals surface area contributed by atoms with Crippen LogP contribution in [-0.4, -0.2) is 24.1 Å². The number of hydrogen-bond donors (Lipinski definition) is 1. The van der Waals surface area contributed by atoms with Gasteiger partial charge in [0.2, 0.25) is 0 Å². The highest BCUT2D eigenvalue weighted by Crippen LogP contribution is 2.24. The molecule has 3 aromatic heterocycles. The molecule has 0 atom stereocenters. The van der Waals surface area contributed by atoms with Gasteiger partial charge in [-0.1, -0.05) is 23.2 Å². The second-order valence-corrected chi connectivity index (χ2v) is 6.63. The summed E-state index contributed by atoms with van der Waals surface area (Å²) in [6.07, 6.45) is 1.80. The third-order valence-corrected chi connectivity index (χ3v) is 4.63. The molecular formula is C15H10Cl2N6S. The van der Waals surface area contributed by atoms with Crippen molar-refractivity contribution in [1.82, 2.24) is 24.1 Å². The predicted octanol–water partition coefficient (Wildman–Crippen LogP) is 3.89. The first-order valence-corrected chi connectivity index (χ1v) is 8.55. The summed E-state index contributed by atoms with van der Waals surface area (Å²) in [4.78, 5) is 8.75. The van der Waals surface area contributed by atoms with Crippen molar-refractivity contribution in [2.75, 3.05) is 5.73 Å². The Balaban J connectivity index is 1.75. The molecule has 0 radical (unpaired) electrons. The summed E-state index contributed by atoms with van der Waals surface area (Å²) in [5.74, 6) is 0.832. The number of rotatable bonds is 3. The van der Waals surface area contributed by atoms with Gasteiger partial charge in [-0.25, -0.2) is 9.97 Å². The SMILES string of the molecule is Nc1nc(-c2ccsn2)nc2nn(Cc3cc(Cl)ccc3Cl)cc12. The normalized spacial score (nSPS) is 11.2. The van der Waals surface area contributed by atoms with Crippen LogP contribution in [0.25, 0.3) is 22.6 Å². The van der Waals surface area contributed by atoms with Crippen LogP contribution >= 0.6 is 34.7 Å². The summed E-state index contributed by atoms with van der Waals surface area (Å²) in [7, 11) is 0. The van der Waals surface area contributed by atoms with Crippen LogP contribution in [-0.2, 0) is 6.54 Å². The number of nitrogens with zero attached hydrogens (tertiary/aromatic N) is 5. The van der Waals surface area contributed by atoms with Gasteiger partial charge < -0.3 is 5.73 Å². The molecule has 0 fully saturated rings. The highest BCUT2D eigenvalue weighted by atomic mass is 35.5. The lowest BCUT2D eigenvalue weighted by Gasteiger charge is -2.04. The first-order valence-electron chi connectivity index (χ1n) is 6.95. The molecule has 0 aliphatic heterocycles. The molecule has 0 saturated carbocycles. The molecule has 0 spiro atoms. The Kier molecular flexibility index (Phi) is 3.84. The summed E-state index contributed by atoms with van der Waals surface area (Å²) < 4.78 is 5.94. The predicted molar refractivity (Wildman–Crippen MR) is 96.4 cm³/mol. The van der Waals surface area contributed by atoms with Crippen molar-refractivity contribution < 1.29 is 0 Å². The van der Waals surface area contributed by atoms with Gasteiger partial charge in [0.05, 0.1) is 11.9 Å². The largest absolute Gasteiger partial charge is 0.383 e. The number of halogens is 2. The zero-order valence-electron chi connectivity index (χ0n) is 12.1. The van der Waals surface area contributed by atoms with E-state index in [0.717, 1.165) is 5.56 Å². The van der Waals surface area contributed by atoms with Crippen molar-refractivity contribution in [3.8, 4) is 11.5 Å². The summed E-state index contributed by atoms with van der Waals surface area (Å²) in [5, 5.41) is 8.26. The number of hydrogen-bond acceptors (Lipinski definition) is 6. The fourth-order valence-electron chi connectivity index (χ4n) is 2.34. The van der Waals surface area contributed by atoms with E-state index in [1.165, 1.54) is 11.5 Å². The fraction of sp³-hybridized carbons (Fsp3) is 0.0667. The minimum atomic E-state index is 0.367. The minimum absolute atomic E-state index is 0.367. The molecule has 6 nitrogen and oxygen atoms in total. The van der Waals surface area contributed by atoms with Crippen LogP contribution in [0.15, 0.2) is 35.8 Å². The number of benzene rings is 1. The van der Waals surface area contributed by atoms with Gasteiger partial charge in [0.15, 0.2) is 11.5 Å². The first-order chi connectivity index (χ1) is 11.6. The van der Waals surface area contributed by atoms with E-state index in [1.54, 1.807) is 23.0 Å². The molecule has 9 heteroatoms. The third-order valence-electron chi connectivity index (χ3n) is 3.46. The number of anilines is 1. The Bertz CT molecular complexity index is 1030. The molecule has 24 heavy (non-hydrogen) atoms. The van der Waals surface area contributed by atoms with E-state index in [4.69, 9.17) is 28.9 Å². The van der Waals surface area contributed by atoms with Gasteiger partial charge >= 0.3 is 0 Å². The minimum Gasteiger partial charge on any atom is -0.383 e. The van der Waals surface area contributed by atoms with Crippen LogP contribution in [0.3, 0.4) is 0 Å². The molecule has 0 saturated heterocycles. The quantitative estimate of drug-likeness (QED) is 0.586. The molecule has 0 bridgehead atoms. The molecule has 0 aliphatic rings. The molecule has 0 unspecified atom stereocenters. The Labute approximate surface area is 151 Å². The second kappa shape index (κ2) is 6.01. The number of nitrogen functional groups attached to an aromatic ring is 1. The van der Waals surface area contributed by atoms with Crippen molar-refractivity contribution in [2.24, 2.45) is 0 Å². The number of aromatic nitrogens is 5. The maximum Gasteiger partial charge on any atom is 0.187 e. The third kappa shape index (κ3) is 2.82. The highest BCUT2D eigenvalue weighted by Gasteiger charge is 2.13. The first kappa shape index (κ1) is 15.3. The monoisotopic (exact) mass is 376 g/mol. The van der Waals surface area contributed by atoms with E-state index in [2.05, 4.69) is 19.4 Å². The summed E-state index contributed by atoms with van der Waals surface area (Å²) >= 11 is 13.6. The zero-order chi connectivity index (χ0) is 16.7. The van der Waals surface area contributed by atoms with E-state index in [0.29, 0.717) is 45.0 Å². The zero-order valence-corrected chi connectivity index (χ0v) is 14.5. The van der Waals surface area contributed by atoms with Crippen LogP contribution in [0.1, 0.15) is 5.56 Å². The number of fused-ring (bicyclic) bond motifs is 1. The molecule has 4 rings (SSSR count). The van der Waals surface area contributed by atoms with Gasteiger partial charge in [-0.3, -0.25) is 4.68 Å². The van der Waals surface area contributed by atoms with Crippen LogP contribution < -0.4 is 5.73 Å². The summed E-state index contributed by atoms with van der Waals surface area (Å²) in [6.45, 7) is 0.460. The van der Waals surface area contributed by atoms with Crippen molar-refractivity contribution in [3.63, 3.8) is 0 Å². The van der Waals surface area contributed by atoms with Gasteiger partial charge in [-0.2, -0.15) is 9.47 Å². The van der Waals surface area contributed by atoms with Crippen LogP contribution in [0.5, 0.6) is 0 Å². The van der Waals surface area contributed by atoms with E-state index < -0.39 is 0 Å².